The van der Waals surface area contributed by atoms with Crippen molar-refractivity contribution in [3.63, 3.8) is 0 Å². The van der Waals surface area contributed by atoms with Gasteiger partial charge in [0.15, 0.2) is 11.5 Å². The van der Waals surface area contributed by atoms with E-state index in [1.165, 1.54) is 18.3 Å². The molecule has 1 aliphatic rings. The maximum Gasteiger partial charge on any atom is 0.273 e. The molecule has 2 amide bonds. The van der Waals surface area contributed by atoms with Gasteiger partial charge in [-0.05, 0) is 54.1 Å². The summed E-state index contributed by atoms with van der Waals surface area (Å²) in [7, 11) is 0. The first-order valence-electron chi connectivity index (χ1n) is 9.10. The third-order valence-corrected chi connectivity index (χ3v) is 4.92. The van der Waals surface area contributed by atoms with Crippen LogP contribution in [0.2, 0.25) is 10.0 Å². The lowest BCUT2D eigenvalue weighted by Gasteiger charge is -2.11. The van der Waals surface area contributed by atoms with Gasteiger partial charge >= 0.3 is 0 Å². The zero-order valence-electron chi connectivity index (χ0n) is 15.9. The van der Waals surface area contributed by atoms with Crippen molar-refractivity contribution in [1.29, 1.82) is 0 Å². The molecule has 0 bridgehead atoms. The Bertz CT molecular complexity index is 1200. The number of carbonyl (C=O) groups excluding carboxylic acids is 2. The lowest BCUT2D eigenvalue weighted by Crippen LogP contribution is -2.21. The van der Waals surface area contributed by atoms with Crippen molar-refractivity contribution < 1.29 is 19.1 Å². The van der Waals surface area contributed by atoms with Gasteiger partial charge in [-0.2, -0.15) is 5.10 Å². The number of amides is 2. The highest BCUT2D eigenvalue weighted by atomic mass is 35.5. The van der Waals surface area contributed by atoms with E-state index in [0.717, 1.165) is 5.56 Å². The average molecular weight is 456 g/mol. The van der Waals surface area contributed by atoms with Crippen LogP contribution in [0.15, 0.2) is 65.8 Å². The van der Waals surface area contributed by atoms with Gasteiger partial charge in [0.05, 0.1) is 28.1 Å². The number of carbonyl (C=O) groups is 2. The lowest BCUT2D eigenvalue weighted by atomic mass is 10.1. The Balaban J connectivity index is 1.46. The Morgan fingerprint density at radius 2 is 1.71 bits per heavy atom. The molecule has 0 radical (unpaired) electrons. The highest BCUT2D eigenvalue weighted by Crippen LogP contribution is 2.32. The van der Waals surface area contributed by atoms with E-state index in [-0.39, 0.29) is 22.9 Å². The normalized spacial score (nSPS) is 12.1. The summed E-state index contributed by atoms with van der Waals surface area (Å²) in [6, 6.07) is 16.4. The molecule has 9 heteroatoms. The third kappa shape index (κ3) is 4.79. The molecular formula is C22H15Cl2N3O4. The monoisotopic (exact) mass is 455 g/mol. The van der Waals surface area contributed by atoms with E-state index in [9.17, 15) is 9.59 Å². The molecule has 3 aromatic rings. The largest absolute Gasteiger partial charge is 0.454 e. The third-order valence-electron chi connectivity index (χ3n) is 4.37. The van der Waals surface area contributed by atoms with Crippen LogP contribution < -0.4 is 20.2 Å². The first-order chi connectivity index (χ1) is 15.0. The first kappa shape index (κ1) is 20.7. The number of fused-ring (bicyclic) bond motifs is 1. The molecule has 0 saturated heterocycles. The van der Waals surface area contributed by atoms with Crippen molar-refractivity contribution in [2.45, 2.75) is 0 Å². The van der Waals surface area contributed by atoms with E-state index in [0.29, 0.717) is 22.2 Å². The standard InChI is InChI=1S/C22H15Cl2N3O4/c23-14-6-7-15(17(24)10-14)21(28)26-18-4-2-1-3-16(18)22(29)27-25-11-13-5-8-19-20(9-13)31-12-30-19/h1-11H,12H2,(H,26,28)(H,27,29)/b25-11+. The fourth-order valence-electron chi connectivity index (χ4n) is 2.87. The zero-order valence-corrected chi connectivity index (χ0v) is 17.4. The molecule has 0 aliphatic carbocycles. The van der Waals surface area contributed by atoms with E-state index in [2.05, 4.69) is 15.8 Å². The molecule has 1 heterocycles. The van der Waals surface area contributed by atoms with Crippen LogP contribution in [0.5, 0.6) is 11.5 Å². The molecule has 1 aliphatic heterocycles. The van der Waals surface area contributed by atoms with Gasteiger partial charge < -0.3 is 14.8 Å². The number of nitrogens with one attached hydrogen (secondary N) is 2. The minimum atomic E-state index is -0.491. The van der Waals surface area contributed by atoms with Gasteiger partial charge in [0.25, 0.3) is 11.8 Å². The van der Waals surface area contributed by atoms with Gasteiger partial charge in [-0.15, -0.1) is 0 Å². The van der Waals surface area contributed by atoms with E-state index in [4.69, 9.17) is 32.7 Å². The second-order valence-electron chi connectivity index (χ2n) is 6.44. The molecule has 0 atom stereocenters. The van der Waals surface area contributed by atoms with Crippen LogP contribution in [-0.4, -0.2) is 24.8 Å². The quantitative estimate of drug-likeness (QED) is 0.429. The van der Waals surface area contributed by atoms with E-state index in [1.54, 1.807) is 48.5 Å². The van der Waals surface area contributed by atoms with Gasteiger partial charge in [0.1, 0.15) is 0 Å². The number of hydrazone groups is 1. The Morgan fingerprint density at radius 3 is 2.55 bits per heavy atom. The molecule has 0 spiro atoms. The smallest absolute Gasteiger partial charge is 0.273 e. The van der Waals surface area contributed by atoms with Crippen molar-refractivity contribution in [1.82, 2.24) is 5.43 Å². The Morgan fingerprint density at radius 1 is 0.903 bits per heavy atom. The summed E-state index contributed by atoms with van der Waals surface area (Å²) in [5.41, 5.74) is 3.97. The minimum absolute atomic E-state index is 0.177. The van der Waals surface area contributed by atoms with Gasteiger partial charge in [-0.3, -0.25) is 9.59 Å². The average Bonchev–Trinajstić information content (AvgIpc) is 3.22. The van der Waals surface area contributed by atoms with Crippen molar-refractivity contribution in [3.05, 3.63) is 87.4 Å². The molecule has 31 heavy (non-hydrogen) atoms. The summed E-state index contributed by atoms with van der Waals surface area (Å²) in [6.45, 7) is 0.177. The predicted molar refractivity (Wildman–Crippen MR) is 118 cm³/mol. The second-order valence-corrected chi connectivity index (χ2v) is 7.28. The van der Waals surface area contributed by atoms with Crippen molar-refractivity contribution in [2.75, 3.05) is 12.1 Å². The summed E-state index contributed by atoms with van der Waals surface area (Å²) in [4.78, 5) is 25.2. The fourth-order valence-corrected chi connectivity index (χ4v) is 3.37. The van der Waals surface area contributed by atoms with E-state index < -0.39 is 11.8 Å². The molecule has 2 N–H and O–H groups in total. The van der Waals surface area contributed by atoms with Crippen LogP contribution in [0.3, 0.4) is 0 Å². The number of nitrogens with zero attached hydrogens (tertiary/aromatic N) is 1. The second kappa shape index (κ2) is 9.07. The number of hydrogen-bond acceptors (Lipinski definition) is 5. The Labute approximate surface area is 187 Å². The maximum absolute atomic E-state index is 12.6. The molecule has 0 unspecified atom stereocenters. The van der Waals surface area contributed by atoms with Crippen LogP contribution in [0.4, 0.5) is 5.69 Å². The van der Waals surface area contributed by atoms with Crippen LogP contribution in [0, 0.1) is 0 Å². The number of ether oxygens (including phenoxy) is 2. The number of para-hydroxylation sites is 1. The summed E-state index contributed by atoms with van der Waals surface area (Å²) in [6.07, 6.45) is 1.48. The number of anilines is 1. The van der Waals surface area contributed by atoms with Crippen LogP contribution in [0.1, 0.15) is 26.3 Å². The topological polar surface area (TPSA) is 89.0 Å². The molecular weight excluding hydrogens is 441 g/mol. The molecule has 0 fully saturated rings. The van der Waals surface area contributed by atoms with E-state index in [1.807, 2.05) is 0 Å². The number of halogens is 2. The number of benzene rings is 3. The van der Waals surface area contributed by atoms with Gasteiger partial charge in [0.2, 0.25) is 6.79 Å². The van der Waals surface area contributed by atoms with Crippen molar-refractivity contribution in [3.8, 4) is 11.5 Å². The van der Waals surface area contributed by atoms with Crippen LogP contribution in [0.25, 0.3) is 0 Å². The first-order valence-corrected chi connectivity index (χ1v) is 9.85. The minimum Gasteiger partial charge on any atom is -0.454 e. The zero-order chi connectivity index (χ0) is 21.8. The van der Waals surface area contributed by atoms with Gasteiger partial charge in [0, 0.05) is 5.02 Å². The van der Waals surface area contributed by atoms with Gasteiger partial charge in [-0.25, -0.2) is 5.43 Å². The maximum atomic E-state index is 12.6. The summed E-state index contributed by atoms with van der Waals surface area (Å²) >= 11 is 12.0. The van der Waals surface area contributed by atoms with Crippen molar-refractivity contribution >= 4 is 46.9 Å². The summed E-state index contributed by atoms with van der Waals surface area (Å²) in [5.74, 6) is 0.316. The van der Waals surface area contributed by atoms with Crippen LogP contribution >= 0.6 is 23.2 Å². The van der Waals surface area contributed by atoms with Gasteiger partial charge in [-0.1, -0.05) is 35.3 Å². The molecule has 3 aromatic carbocycles. The summed E-state index contributed by atoms with van der Waals surface area (Å²) < 4.78 is 10.6. The molecule has 0 saturated carbocycles. The predicted octanol–water partition coefficient (Wildman–Crippen LogP) is 4.74. The Hall–Kier alpha value is -3.55. The van der Waals surface area contributed by atoms with E-state index >= 15 is 0 Å². The SMILES string of the molecule is O=C(Nc1ccccc1C(=O)N/N=C/c1ccc2c(c1)OCO2)c1ccc(Cl)cc1Cl. The molecule has 4 rings (SSSR count). The number of rotatable bonds is 5. The highest BCUT2D eigenvalue weighted by Gasteiger charge is 2.16. The van der Waals surface area contributed by atoms with Crippen LogP contribution in [-0.2, 0) is 0 Å². The molecule has 0 aromatic heterocycles. The fraction of sp³-hybridized carbons (Fsp3) is 0.0455. The lowest BCUT2D eigenvalue weighted by molar-refractivity contribution is 0.0956. The Kier molecular flexibility index (Phi) is 6.06. The highest BCUT2D eigenvalue weighted by molar-refractivity contribution is 6.37. The summed E-state index contributed by atoms with van der Waals surface area (Å²) in [5, 5.41) is 7.30. The molecule has 156 valence electrons. The van der Waals surface area contributed by atoms with Crippen molar-refractivity contribution in [2.24, 2.45) is 5.10 Å². The number of hydrogen-bond donors (Lipinski definition) is 2. The molecule has 7 nitrogen and oxygen atoms in total.